The van der Waals surface area contributed by atoms with Gasteiger partial charge >= 0.3 is 0 Å². The van der Waals surface area contributed by atoms with Gasteiger partial charge in [0.25, 0.3) is 0 Å². The van der Waals surface area contributed by atoms with Crippen molar-refractivity contribution in [3.63, 3.8) is 0 Å². The van der Waals surface area contributed by atoms with E-state index in [1.807, 2.05) is 0 Å². The van der Waals surface area contributed by atoms with Crippen LogP contribution in [-0.2, 0) is 4.79 Å². The summed E-state index contributed by atoms with van der Waals surface area (Å²) in [5.41, 5.74) is 0. The lowest BCUT2D eigenvalue weighted by molar-refractivity contribution is -0.135. The molecule has 0 aromatic heterocycles. The minimum atomic E-state index is 0.413. The first kappa shape index (κ1) is 9.83. The Morgan fingerprint density at radius 2 is 1.73 bits per heavy atom. The normalized spacial score (nSPS) is 42.1. The molecule has 2 bridgehead atoms. The second kappa shape index (κ2) is 3.89. The van der Waals surface area contributed by atoms with Crippen LogP contribution in [0.4, 0.5) is 0 Å². The standard InChI is InChI=1S/C13H21NO/c15-13-10-4-3-5-11(13)12(7-6-10)14-8-1-2-9-14/h10-12H,1-9H2/t10-,11-,12-/m0/s1. The third-order valence-electron chi connectivity index (χ3n) is 4.72. The smallest absolute Gasteiger partial charge is 0.140 e. The predicted octanol–water partition coefficient (Wildman–Crippen LogP) is 2.23. The molecule has 2 aliphatic carbocycles. The molecule has 0 spiro atoms. The van der Waals surface area contributed by atoms with Crippen LogP contribution in [0.15, 0.2) is 0 Å². The number of rotatable bonds is 1. The van der Waals surface area contributed by atoms with Gasteiger partial charge in [0.15, 0.2) is 0 Å². The molecule has 1 aliphatic heterocycles. The summed E-state index contributed by atoms with van der Waals surface area (Å²) in [7, 11) is 0. The van der Waals surface area contributed by atoms with Gasteiger partial charge < -0.3 is 0 Å². The van der Waals surface area contributed by atoms with Crippen LogP contribution in [0.5, 0.6) is 0 Å². The van der Waals surface area contributed by atoms with Gasteiger partial charge in [-0.3, -0.25) is 9.69 Å². The van der Waals surface area contributed by atoms with Crippen LogP contribution in [0.2, 0.25) is 0 Å². The van der Waals surface area contributed by atoms with Crippen LogP contribution in [0.25, 0.3) is 0 Å². The Morgan fingerprint density at radius 1 is 0.933 bits per heavy atom. The Bertz CT molecular complexity index is 257. The number of carbonyl (C=O) groups is 1. The van der Waals surface area contributed by atoms with Gasteiger partial charge in [-0.05, 0) is 51.6 Å². The summed E-state index contributed by atoms with van der Waals surface area (Å²) in [4.78, 5) is 14.7. The fourth-order valence-corrected chi connectivity index (χ4v) is 3.92. The quantitative estimate of drug-likeness (QED) is 0.657. The van der Waals surface area contributed by atoms with Crippen molar-refractivity contribution in [3.8, 4) is 0 Å². The van der Waals surface area contributed by atoms with Crippen molar-refractivity contribution < 1.29 is 4.79 Å². The lowest BCUT2D eigenvalue weighted by Crippen LogP contribution is -2.49. The van der Waals surface area contributed by atoms with Crippen molar-refractivity contribution in [1.82, 2.24) is 4.90 Å². The topological polar surface area (TPSA) is 20.3 Å². The Kier molecular flexibility index (Phi) is 2.55. The van der Waals surface area contributed by atoms with E-state index < -0.39 is 0 Å². The number of ketones is 1. The molecule has 0 N–H and O–H groups in total. The first-order valence-electron chi connectivity index (χ1n) is 6.64. The van der Waals surface area contributed by atoms with E-state index in [0.29, 0.717) is 23.7 Å². The van der Waals surface area contributed by atoms with E-state index in [0.717, 1.165) is 0 Å². The van der Waals surface area contributed by atoms with E-state index in [9.17, 15) is 4.79 Å². The molecule has 1 saturated heterocycles. The van der Waals surface area contributed by atoms with Gasteiger partial charge in [0.2, 0.25) is 0 Å². The maximum atomic E-state index is 12.1. The number of fused-ring (bicyclic) bond motifs is 2. The van der Waals surface area contributed by atoms with Crippen molar-refractivity contribution in [2.45, 2.75) is 51.0 Å². The van der Waals surface area contributed by atoms with E-state index in [1.165, 1.54) is 58.0 Å². The van der Waals surface area contributed by atoms with E-state index in [1.54, 1.807) is 0 Å². The summed E-state index contributed by atoms with van der Waals surface area (Å²) in [6.45, 7) is 2.50. The molecule has 3 rings (SSSR count). The van der Waals surface area contributed by atoms with Crippen molar-refractivity contribution in [2.24, 2.45) is 11.8 Å². The van der Waals surface area contributed by atoms with Gasteiger partial charge in [-0.2, -0.15) is 0 Å². The third kappa shape index (κ3) is 1.63. The molecule has 0 aromatic carbocycles. The van der Waals surface area contributed by atoms with Crippen molar-refractivity contribution in [3.05, 3.63) is 0 Å². The molecule has 0 radical (unpaired) electrons. The number of carbonyl (C=O) groups excluding carboxylic acids is 1. The number of likely N-dealkylation sites (tertiary alicyclic amines) is 1. The lowest BCUT2D eigenvalue weighted by Gasteiger charge is -2.42. The van der Waals surface area contributed by atoms with Gasteiger partial charge in [-0.15, -0.1) is 0 Å². The highest BCUT2D eigenvalue weighted by atomic mass is 16.1. The SMILES string of the molecule is O=C1[C@H]2CCC[C@H]1[C@@H](N1CCCC1)CC2. The van der Waals surface area contributed by atoms with E-state index in [2.05, 4.69) is 4.90 Å². The molecule has 2 heteroatoms. The molecule has 0 amide bonds. The van der Waals surface area contributed by atoms with Gasteiger partial charge in [0.05, 0.1) is 0 Å². The number of hydrogen-bond acceptors (Lipinski definition) is 2. The highest BCUT2D eigenvalue weighted by Gasteiger charge is 2.42. The van der Waals surface area contributed by atoms with Crippen molar-refractivity contribution in [2.75, 3.05) is 13.1 Å². The summed E-state index contributed by atoms with van der Waals surface area (Å²) in [6, 6.07) is 0.622. The number of hydrogen-bond donors (Lipinski definition) is 0. The van der Waals surface area contributed by atoms with E-state index in [-0.39, 0.29) is 0 Å². The maximum Gasteiger partial charge on any atom is 0.140 e. The predicted molar refractivity (Wildman–Crippen MR) is 59.7 cm³/mol. The number of nitrogens with zero attached hydrogens (tertiary/aromatic N) is 1. The number of Topliss-reactive ketones (excluding diaryl/α,β-unsaturated/α-hetero) is 1. The highest BCUT2D eigenvalue weighted by Crippen LogP contribution is 2.40. The van der Waals surface area contributed by atoms with Crippen LogP contribution >= 0.6 is 0 Å². The average Bonchev–Trinajstić information content (AvgIpc) is 2.70. The van der Waals surface area contributed by atoms with Gasteiger partial charge in [-0.25, -0.2) is 0 Å². The molecule has 3 aliphatic rings. The van der Waals surface area contributed by atoms with Gasteiger partial charge in [0.1, 0.15) is 5.78 Å². The Labute approximate surface area is 92.0 Å². The first-order valence-corrected chi connectivity index (χ1v) is 6.64. The molecule has 1 heterocycles. The Morgan fingerprint density at radius 3 is 2.53 bits per heavy atom. The molecule has 2 nitrogen and oxygen atoms in total. The summed E-state index contributed by atoms with van der Waals surface area (Å²) >= 11 is 0. The molecule has 15 heavy (non-hydrogen) atoms. The molecule has 3 atom stereocenters. The summed E-state index contributed by atoms with van der Waals surface area (Å²) < 4.78 is 0. The fraction of sp³-hybridized carbons (Fsp3) is 0.923. The van der Waals surface area contributed by atoms with Crippen LogP contribution in [0, 0.1) is 11.8 Å². The first-order chi connectivity index (χ1) is 7.36. The van der Waals surface area contributed by atoms with Gasteiger partial charge in [-0.1, -0.05) is 6.42 Å². The Hall–Kier alpha value is -0.370. The third-order valence-corrected chi connectivity index (χ3v) is 4.72. The molecule has 3 fully saturated rings. The summed E-state index contributed by atoms with van der Waals surface area (Å²) in [5.74, 6) is 1.47. The average molecular weight is 207 g/mol. The molecular weight excluding hydrogens is 186 g/mol. The van der Waals surface area contributed by atoms with Crippen LogP contribution in [0.1, 0.15) is 44.9 Å². The zero-order chi connectivity index (χ0) is 10.3. The lowest BCUT2D eigenvalue weighted by atomic mass is 9.68. The molecule has 2 saturated carbocycles. The largest absolute Gasteiger partial charge is 0.300 e. The van der Waals surface area contributed by atoms with Crippen LogP contribution in [0.3, 0.4) is 0 Å². The fourth-order valence-electron chi connectivity index (χ4n) is 3.92. The highest BCUT2D eigenvalue weighted by molar-refractivity contribution is 5.85. The second-order valence-corrected chi connectivity index (χ2v) is 5.52. The Balaban J connectivity index is 1.75. The summed E-state index contributed by atoms with van der Waals surface area (Å²) in [5, 5.41) is 0. The zero-order valence-electron chi connectivity index (χ0n) is 9.45. The molecular formula is C13H21NO. The molecule has 0 aromatic rings. The maximum absolute atomic E-state index is 12.1. The molecule has 0 unspecified atom stereocenters. The minimum absolute atomic E-state index is 0.413. The van der Waals surface area contributed by atoms with E-state index >= 15 is 0 Å². The molecule has 84 valence electrons. The van der Waals surface area contributed by atoms with Crippen LogP contribution in [-0.4, -0.2) is 29.8 Å². The summed E-state index contributed by atoms with van der Waals surface area (Å²) in [6.07, 6.45) is 8.82. The zero-order valence-corrected chi connectivity index (χ0v) is 9.45. The monoisotopic (exact) mass is 207 g/mol. The van der Waals surface area contributed by atoms with Gasteiger partial charge in [0, 0.05) is 17.9 Å². The van der Waals surface area contributed by atoms with Crippen molar-refractivity contribution in [1.29, 1.82) is 0 Å². The van der Waals surface area contributed by atoms with E-state index in [4.69, 9.17) is 0 Å². The van der Waals surface area contributed by atoms with Crippen molar-refractivity contribution >= 4 is 5.78 Å². The minimum Gasteiger partial charge on any atom is -0.300 e. The second-order valence-electron chi connectivity index (χ2n) is 5.52. The van der Waals surface area contributed by atoms with Crippen LogP contribution < -0.4 is 0 Å².